The number of aromatic nitrogens is 1. The van der Waals surface area contributed by atoms with Crippen molar-refractivity contribution in [1.82, 2.24) is 4.98 Å². The molecule has 0 saturated carbocycles. The van der Waals surface area contributed by atoms with Crippen molar-refractivity contribution in [3.8, 4) is 10.8 Å². The van der Waals surface area contributed by atoms with Gasteiger partial charge in [-0.1, -0.05) is 13.3 Å². The molecule has 0 aliphatic heterocycles. The Morgan fingerprint density at radius 1 is 1.47 bits per heavy atom. The van der Waals surface area contributed by atoms with Crippen LogP contribution in [0.25, 0.3) is 10.8 Å². The van der Waals surface area contributed by atoms with E-state index in [-0.39, 0.29) is 5.76 Å². The fraction of sp³-hybridized carbons (Fsp3) is 0.429. The van der Waals surface area contributed by atoms with Crippen LogP contribution in [0.4, 0.5) is 0 Å². The number of rotatable bonds is 4. The third kappa shape index (κ3) is 2.71. The number of hydrogen-bond acceptors (Lipinski definition) is 5. The molecule has 0 N–H and O–H groups in total. The average Bonchev–Trinajstić information content (AvgIpc) is 2.94. The molecule has 0 fully saturated rings. The summed E-state index contributed by atoms with van der Waals surface area (Å²) in [7, 11) is 1.35. The predicted molar refractivity (Wildman–Crippen MR) is 74.6 cm³/mol. The third-order valence-corrected chi connectivity index (χ3v) is 4.07. The zero-order chi connectivity index (χ0) is 14.0. The van der Waals surface area contributed by atoms with E-state index in [1.54, 1.807) is 11.3 Å². The molecule has 0 radical (unpaired) electrons. The number of hydrogen-bond donors (Lipinski definition) is 0. The zero-order valence-corrected chi connectivity index (χ0v) is 12.4. The quantitative estimate of drug-likeness (QED) is 0.800. The Balaban J connectivity index is 2.44. The lowest BCUT2D eigenvalue weighted by atomic mass is 10.2. The van der Waals surface area contributed by atoms with E-state index in [0.717, 1.165) is 11.3 Å². The van der Waals surface area contributed by atoms with Gasteiger partial charge in [0.15, 0.2) is 0 Å². The molecule has 2 heterocycles. The Hall–Kier alpha value is -1.62. The summed E-state index contributed by atoms with van der Waals surface area (Å²) in [4.78, 5) is 18.3. The fourth-order valence-electron chi connectivity index (χ4n) is 1.79. The molecule has 5 heteroatoms. The molecule has 19 heavy (non-hydrogen) atoms. The second-order valence-electron chi connectivity index (χ2n) is 4.39. The lowest BCUT2D eigenvalue weighted by molar-refractivity contribution is 0.0564. The van der Waals surface area contributed by atoms with Crippen molar-refractivity contribution in [2.75, 3.05) is 7.11 Å². The number of methoxy groups -OCH3 is 1. The van der Waals surface area contributed by atoms with Crippen molar-refractivity contribution in [3.05, 3.63) is 28.0 Å². The molecule has 2 aromatic rings. The van der Waals surface area contributed by atoms with Crippen LogP contribution >= 0.6 is 11.3 Å². The van der Waals surface area contributed by atoms with E-state index >= 15 is 0 Å². The molecule has 102 valence electrons. The molecule has 0 saturated heterocycles. The Bertz CT molecular complexity index is 578. The smallest absolute Gasteiger partial charge is 0.376 e. The largest absolute Gasteiger partial charge is 0.463 e. The fourth-order valence-corrected chi connectivity index (χ4v) is 2.75. The molecule has 0 spiro atoms. The minimum atomic E-state index is -0.466. The number of aryl methyl sites for hydroxylation is 3. The van der Waals surface area contributed by atoms with Crippen molar-refractivity contribution in [3.63, 3.8) is 0 Å². The van der Waals surface area contributed by atoms with E-state index < -0.39 is 5.97 Å². The van der Waals surface area contributed by atoms with E-state index in [4.69, 9.17) is 9.15 Å². The molecule has 0 bridgehead atoms. The molecule has 4 nitrogen and oxygen atoms in total. The molecule has 0 atom stereocenters. The van der Waals surface area contributed by atoms with Crippen LogP contribution in [0, 0.1) is 13.8 Å². The SMILES string of the molecule is CCCc1nc(-c2cc(C)c(C)s2)oc1C(=O)OC. The van der Waals surface area contributed by atoms with Gasteiger partial charge in [0.05, 0.1) is 17.7 Å². The van der Waals surface area contributed by atoms with E-state index in [0.29, 0.717) is 18.0 Å². The van der Waals surface area contributed by atoms with Crippen LogP contribution in [0.5, 0.6) is 0 Å². The van der Waals surface area contributed by atoms with E-state index in [9.17, 15) is 4.79 Å². The van der Waals surface area contributed by atoms with E-state index in [2.05, 4.69) is 11.9 Å². The van der Waals surface area contributed by atoms with Gasteiger partial charge < -0.3 is 9.15 Å². The maximum atomic E-state index is 11.7. The number of oxazole rings is 1. The molecule has 0 aliphatic rings. The molecule has 0 amide bonds. The highest BCUT2D eigenvalue weighted by Gasteiger charge is 2.22. The van der Waals surface area contributed by atoms with Gasteiger partial charge in [0.1, 0.15) is 0 Å². The highest BCUT2D eigenvalue weighted by molar-refractivity contribution is 7.15. The van der Waals surface area contributed by atoms with Crippen molar-refractivity contribution in [2.45, 2.75) is 33.6 Å². The summed E-state index contributed by atoms with van der Waals surface area (Å²) in [5, 5.41) is 0. The summed E-state index contributed by atoms with van der Waals surface area (Å²) < 4.78 is 10.3. The number of carbonyl (C=O) groups is 1. The number of nitrogens with zero attached hydrogens (tertiary/aromatic N) is 1. The maximum Gasteiger partial charge on any atom is 0.376 e. The maximum absolute atomic E-state index is 11.7. The number of ether oxygens (including phenoxy) is 1. The average molecular weight is 279 g/mol. The standard InChI is InChI=1S/C14H17NO3S/c1-5-6-10-12(14(16)17-4)18-13(15-10)11-7-8(2)9(3)19-11/h7H,5-6H2,1-4H3. The Kier molecular flexibility index (Phi) is 4.04. The molecule has 0 aromatic carbocycles. The first-order valence-corrected chi connectivity index (χ1v) is 7.03. The summed E-state index contributed by atoms with van der Waals surface area (Å²) in [6.45, 7) is 6.14. The lowest BCUT2D eigenvalue weighted by Gasteiger charge is -1.96. The van der Waals surface area contributed by atoms with Gasteiger partial charge in [-0.15, -0.1) is 11.3 Å². The monoisotopic (exact) mass is 279 g/mol. The highest BCUT2D eigenvalue weighted by Crippen LogP contribution is 2.31. The molecule has 0 unspecified atom stereocenters. The summed E-state index contributed by atoms with van der Waals surface area (Å²) in [5.41, 5.74) is 1.88. The van der Waals surface area contributed by atoms with Crippen LogP contribution < -0.4 is 0 Å². The van der Waals surface area contributed by atoms with E-state index in [1.165, 1.54) is 17.6 Å². The minimum absolute atomic E-state index is 0.225. The van der Waals surface area contributed by atoms with Gasteiger partial charge in [0, 0.05) is 4.88 Å². The molecular formula is C14H17NO3S. The Morgan fingerprint density at radius 2 is 2.21 bits per heavy atom. The van der Waals surface area contributed by atoms with Crippen molar-refractivity contribution >= 4 is 17.3 Å². The third-order valence-electron chi connectivity index (χ3n) is 2.93. The van der Waals surface area contributed by atoms with Crippen LogP contribution in [0.1, 0.15) is 40.0 Å². The Labute approximate surface area is 116 Å². The van der Waals surface area contributed by atoms with Crippen molar-refractivity contribution in [2.24, 2.45) is 0 Å². The van der Waals surface area contributed by atoms with Gasteiger partial charge in [-0.25, -0.2) is 9.78 Å². The number of esters is 1. The zero-order valence-electron chi connectivity index (χ0n) is 11.6. The van der Waals surface area contributed by atoms with Gasteiger partial charge in [-0.05, 0) is 31.9 Å². The minimum Gasteiger partial charge on any atom is -0.463 e. The van der Waals surface area contributed by atoms with Gasteiger partial charge in [-0.3, -0.25) is 0 Å². The van der Waals surface area contributed by atoms with Crippen molar-refractivity contribution in [1.29, 1.82) is 0 Å². The molecule has 0 aliphatic carbocycles. The van der Waals surface area contributed by atoms with Gasteiger partial charge in [0.25, 0.3) is 0 Å². The van der Waals surface area contributed by atoms with Crippen molar-refractivity contribution < 1.29 is 13.9 Å². The predicted octanol–water partition coefficient (Wildman–Crippen LogP) is 3.76. The summed E-state index contributed by atoms with van der Waals surface area (Å²) >= 11 is 1.62. The van der Waals surface area contributed by atoms with Crippen LogP contribution in [-0.2, 0) is 11.2 Å². The van der Waals surface area contributed by atoms with Gasteiger partial charge in [0.2, 0.25) is 11.7 Å². The highest BCUT2D eigenvalue weighted by atomic mass is 32.1. The summed E-state index contributed by atoms with van der Waals surface area (Å²) in [5.74, 6) is 0.264. The number of carbonyl (C=O) groups excluding carboxylic acids is 1. The van der Waals surface area contributed by atoms with Gasteiger partial charge in [-0.2, -0.15) is 0 Å². The first-order chi connectivity index (χ1) is 9.06. The second kappa shape index (κ2) is 5.57. The van der Waals surface area contributed by atoms with Gasteiger partial charge >= 0.3 is 5.97 Å². The summed E-state index contributed by atoms with van der Waals surface area (Å²) in [6.07, 6.45) is 1.61. The Morgan fingerprint density at radius 3 is 2.74 bits per heavy atom. The second-order valence-corrected chi connectivity index (χ2v) is 5.64. The molecule has 2 rings (SSSR count). The van der Waals surface area contributed by atoms with Crippen LogP contribution in [0.3, 0.4) is 0 Å². The normalized spacial score (nSPS) is 10.7. The summed E-state index contributed by atoms with van der Waals surface area (Å²) in [6, 6.07) is 2.03. The van der Waals surface area contributed by atoms with Crippen LogP contribution in [0.2, 0.25) is 0 Å². The lowest BCUT2D eigenvalue weighted by Crippen LogP contribution is -2.03. The van der Waals surface area contributed by atoms with Crippen LogP contribution in [0.15, 0.2) is 10.5 Å². The van der Waals surface area contributed by atoms with Crippen LogP contribution in [-0.4, -0.2) is 18.1 Å². The number of thiophene rings is 1. The molecular weight excluding hydrogens is 262 g/mol. The topological polar surface area (TPSA) is 52.3 Å². The van der Waals surface area contributed by atoms with E-state index in [1.807, 2.05) is 19.9 Å². The molecule has 2 aromatic heterocycles. The first kappa shape index (κ1) is 13.8. The first-order valence-electron chi connectivity index (χ1n) is 6.22.